The van der Waals surface area contributed by atoms with Crippen LogP contribution in [0.1, 0.15) is 18.1 Å². The van der Waals surface area contributed by atoms with Crippen molar-refractivity contribution in [2.45, 2.75) is 12.6 Å². The van der Waals surface area contributed by atoms with E-state index in [1.54, 1.807) is 0 Å². The molecule has 92 valence electrons. The predicted octanol–water partition coefficient (Wildman–Crippen LogP) is 2.43. The van der Waals surface area contributed by atoms with E-state index >= 15 is 0 Å². The molecule has 0 aliphatic heterocycles. The Morgan fingerprint density at radius 2 is 1.50 bits per heavy atom. The summed E-state index contributed by atoms with van der Waals surface area (Å²) in [5, 5.41) is 11.1. The first-order valence-corrected chi connectivity index (χ1v) is 5.86. The Kier molecular flexibility index (Phi) is 3.44. The average molecular weight is 239 g/mol. The summed E-state index contributed by atoms with van der Waals surface area (Å²) < 4.78 is 0. The summed E-state index contributed by atoms with van der Waals surface area (Å²) in [6.45, 7) is 1.86. The van der Waals surface area contributed by atoms with Gasteiger partial charge in [-0.3, -0.25) is 5.41 Å². The van der Waals surface area contributed by atoms with Gasteiger partial charge in [0, 0.05) is 5.56 Å². The highest BCUT2D eigenvalue weighted by molar-refractivity contribution is 5.96. The smallest absolute Gasteiger partial charge is 0.127 e. The first kappa shape index (κ1) is 12.3. The monoisotopic (exact) mass is 239 g/mol. The molecule has 0 aromatic heterocycles. The van der Waals surface area contributed by atoms with Crippen LogP contribution in [0.3, 0.4) is 0 Å². The van der Waals surface area contributed by atoms with E-state index in [9.17, 15) is 0 Å². The molecule has 0 aliphatic rings. The normalized spacial score (nSPS) is 13.7. The highest BCUT2D eigenvalue weighted by Crippen LogP contribution is 2.14. The van der Waals surface area contributed by atoms with E-state index in [1.807, 2.05) is 67.6 Å². The largest absolute Gasteiger partial charge is 0.349 e. The van der Waals surface area contributed by atoms with Crippen molar-refractivity contribution in [2.75, 3.05) is 0 Å². The lowest BCUT2D eigenvalue weighted by Crippen LogP contribution is -2.50. The summed E-state index contributed by atoms with van der Waals surface area (Å²) in [6, 6.07) is 19.2. The maximum Gasteiger partial charge on any atom is 0.127 e. The Bertz CT molecular complexity index is 518. The molecule has 3 nitrogen and oxygen atoms in total. The average Bonchev–Trinajstić information content (AvgIpc) is 2.40. The molecule has 4 N–H and O–H groups in total. The quantitative estimate of drug-likeness (QED) is 0.437. The molecular weight excluding hydrogens is 222 g/mol. The molecule has 0 saturated heterocycles. The lowest BCUT2D eigenvalue weighted by Gasteiger charge is -2.28. The third kappa shape index (κ3) is 2.76. The minimum Gasteiger partial charge on any atom is -0.349 e. The van der Waals surface area contributed by atoms with Crippen molar-refractivity contribution in [2.24, 2.45) is 5.73 Å². The number of hydrogen-bond acceptors (Lipinski definition) is 2. The highest BCUT2D eigenvalue weighted by Gasteiger charge is 2.21. The van der Waals surface area contributed by atoms with E-state index in [-0.39, 0.29) is 0 Å². The summed E-state index contributed by atoms with van der Waals surface area (Å²) in [7, 11) is 0. The third-order valence-corrected chi connectivity index (χ3v) is 2.82. The first-order valence-electron chi connectivity index (χ1n) is 5.86. The maximum absolute atomic E-state index is 8.04. The van der Waals surface area contributed by atoms with Gasteiger partial charge in [-0.2, -0.15) is 0 Å². The van der Waals surface area contributed by atoms with Gasteiger partial charge in [-0.25, -0.2) is 0 Å². The van der Waals surface area contributed by atoms with Crippen molar-refractivity contribution in [3.05, 3.63) is 71.8 Å². The molecule has 0 spiro atoms. The zero-order valence-electron chi connectivity index (χ0n) is 10.4. The van der Waals surface area contributed by atoms with Crippen LogP contribution in [-0.4, -0.2) is 5.84 Å². The second kappa shape index (κ2) is 5.02. The maximum atomic E-state index is 8.04. The molecule has 0 amide bonds. The molecule has 1 unspecified atom stereocenters. The molecule has 0 aliphatic carbocycles. The van der Waals surface area contributed by atoms with Crippen LogP contribution < -0.4 is 11.1 Å². The summed E-state index contributed by atoms with van der Waals surface area (Å²) in [5.74, 6) is 0.324. The molecule has 0 bridgehead atoms. The molecule has 0 heterocycles. The van der Waals surface area contributed by atoms with Crippen LogP contribution in [0.4, 0.5) is 0 Å². The fraction of sp³-hybridized carbons (Fsp3) is 0.133. The van der Waals surface area contributed by atoms with Gasteiger partial charge in [0.05, 0.1) is 0 Å². The summed E-state index contributed by atoms with van der Waals surface area (Å²) in [4.78, 5) is 0. The number of hydrogen-bond donors (Lipinski definition) is 3. The number of nitrogens with two attached hydrogens (primary N) is 1. The molecule has 2 rings (SSSR count). The van der Waals surface area contributed by atoms with Gasteiger partial charge in [-0.05, 0) is 12.5 Å². The van der Waals surface area contributed by atoms with Crippen LogP contribution >= 0.6 is 0 Å². The minimum absolute atomic E-state index is 0.324. The zero-order chi connectivity index (χ0) is 13.0. The molecule has 18 heavy (non-hydrogen) atoms. The summed E-state index contributed by atoms with van der Waals surface area (Å²) in [5.41, 5.74) is 7.24. The van der Waals surface area contributed by atoms with E-state index < -0.39 is 5.66 Å². The molecule has 0 saturated carbocycles. The van der Waals surface area contributed by atoms with E-state index in [1.165, 1.54) is 0 Å². The van der Waals surface area contributed by atoms with Crippen molar-refractivity contribution >= 4 is 5.84 Å². The van der Waals surface area contributed by atoms with Gasteiger partial charge in [0.25, 0.3) is 0 Å². The van der Waals surface area contributed by atoms with Gasteiger partial charge in [-0.1, -0.05) is 60.7 Å². The first-order chi connectivity index (χ1) is 8.59. The Balaban J connectivity index is 2.17. The van der Waals surface area contributed by atoms with E-state index in [4.69, 9.17) is 11.1 Å². The van der Waals surface area contributed by atoms with Gasteiger partial charge in [0.1, 0.15) is 11.5 Å². The second-order valence-electron chi connectivity index (χ2n) is 4.43. The Hall–Kier alpha value is -2.13. The van der Waals surface area contributed by atoms with Crippen LogP contribution in [-0.2, 0) is 5.66 Å². The van der Waals surface area contributed by atoms with Crippen LogP contribution in [0.2, 0.25) is 0 Å². The van der Waals surface area contributed by atoms with E-state index in [0.29, 0.717) is 5.84 Å². The van der Waals surface area contributed by atoms with Gasteiger partial charge < -0.3 is 11.1 Å². The lowest BCUT2D eigenvalue weighted by molar-refractivity contribution is 0.456. The second-order valence-corrected chi connectivity index (χ2v) is 4.43. The molecule has 2 aromatic rings. The molecule has 2 aromatic carbocycles. The van der Waals surface area contributed by atoms with Crippen LogP contribution in [0, 0.1) is 5.41 Å². The SMILES string of the molecule is CC(N)(NC(=N)c1ccccc1)c1ccccc1. The standard InChI is InChI=1S/C15H17N3/c1-15(17,13-10-6-3-7-11-13)18-14(16)12-8-4-2-5-9-12/h2-11H,17H2,1H3,(H2,16,18). The van der Waals surface area contributed by atoms with Crippen molar-refractivity contribution in [1.29, 1.82) is 5.41 Å². The molecule has 1 atom stereocenters. The van der Waals surface area contributed by atoms with Crippen molar-refractivity contribution in [1.82, 2.24) is 5.32 Å². The molecule has 0 radical (unpaired) electrons. The molecular formula is C15H17N3. The third-order valence-electron chi connectivity index (χ3n) is 2.82. The van der Waals surface area contributed by atoms with Crippen molar-refractivity contribution in [3.63, 3.8) is 0 Å². The van der Waals surface area contributed by atoms with Gasteiger partial charge in [0.15, 0.2) is 0 Å². The number of rotatable bonds is 3. The van der Waals surface area contributed by atoms with Gasteiger partial charge in [-0.15, -0.1) is 0 Å². The topological polar surface area (TPSA) is 61.9 Å². The Morgan fingerprint density at radius 3 is 2.06 bits per heavy atom. The van der Waals surface area contributed by atoms with E-state index in [0.717, 1.165) is 11.1 Å². The fourth-order valence-electron chi connectivity index (χ4n) is 1.79. The van der Waals surface area contributed by atoms with Crippen LogP contribution in [0.5, 0.6) is 0 Å². The predicted molar refractivity (Wildman–Crippen MR) is 74.4 cm³/mol. The number of nitrogens with one attached hydrogen (secondary N) is 2. The van der Waals surface area contributed by atoms with Crippen molar-refractivity contribution < 1.29 is 0 Å². The number of amidine groups is 1. The Labute approximate surface area is 107 Å². The lowest BCUT2D eigenvalue weighted by atomic mass is 10.0. The van der Waals surface area contributed by atoms with Crippen LogP contribution in [0.15, 0.2) is 60.7 Å². The number of benzene rings is 2. The highest BCUT2D eigenvalue weighted by atomic mass is 15.1. The zero-order valence-corrected chi connectivity index (χ0v) is 10.4. The molecule has 3 heteroatoms. The summed E-state index contributed by atoms with van der Waals surface area (Å²) >= 11 is 0. The Morgan fingerprint density at radius 1 is 1.00 bits per heavy atom. The minimum atomic E-state index is -0.756. The van der Waals surface area contributed by atoms with E-state index in [2.05, 4.69) is 5.32 Å². The van der Waals surface area contributed by atoms with Gasteiger partial charge >= 0.3 is 0 Å². The van der Waals surface area contributed by atoms with Crippen LogP contribution in [0.25, 0.3) is 0 Å². The fourth-order valence-corrected chi connectivity index (χ4v) is 1.79. The molecule has 0 fully saturated rings. The summed E-state index contributed by atoms with van der Waals surface area (Å²) in [6.07, 6.45) is 0. The van der Waals surface area contributed by atoms with Crippen molar-refractivity contribution in [3.8, 4) is 0 Å². The van der Waals surface area contributed by atoms with Gasteiger partial charge in [0.2, 0.25) is 0 Å².